The molecule has 1 aromatic carbocycles. The first-order chi connectivity index (χ1) is 8.51. The summed E-state index contributed by atoms with van der Waals surface area (Å²) in [5, 5.41) is 3.01. The smallest absolute Gasteiger partial charge is 0.165 e. The van der Waals surface area contributed by atoms with E-state index in [4.69, 9.17) is 4.74 Å². The standard InChI is InChI=1S/C14H20FNO2/c1-4-18-13-6-5-11(9-12(13)15)14(2,3)10-16-7-8-17/h5-6,8-9,16H,4,7,10H2,1-3H3. The number of hydrogen-bond donors (Lipinski definition) is 1. The molecule has 0 saturated carbocycles. The van der Waals surface area contributed by atoms with Gasteiger partial charge >= 0.3 is 0 Å². The molecule has 0 spiro atoms. The number of carbonyl (C=O) groups is 1. The first kappa shape index (κ1) is 14.6. The SMILES string of the molecule is CCOc1ccc(C(C)(C)CNCC=O)cc1F. The maximum absolute atomic E-state index is 13.8. The lowest BCUT2D eigenvalue weighted by Gasteiger charge is -2.25. The minimum atomic E-state index is -0.349. The van der Waals surface area contributed by atoms with Gasteiger partial charge in [-0.3, -0.25) is 0 Å². The quantitative estimate of drug-likeness (QED) is 0.598. The molecule has 18 heavy (non-hydrogen) atoms. The average molecular weight is 253 g/mol. The van der Waals surface area contributed by atoms with Crippen LogP contribution in [0.3, 0.4) is 0 Å². The molecule has 0 aromatic heterocycles. The summed E-state index contributed by atoms with van der Waals surface area (Å²) in [6.45, 7) is 7.18. The summed E-state index contributed by atoms with van der Waals surface area (Å²) in [7, 11) is 0. The number of carbonyl (C=O) groups excluding carboxylic acids is 1. The fourth-order valence-corrected chi connectivity index (χ4v) is 1.74. The zero-order valence-electron chi connectivity index (χ0n) is 11.1. The largest absolute Gasteiger partial charge is 0.491 e. The molecule has 0 amide bonds. The van der Waals surface area contributed by atoms with Crippen molar-refractivity contribution in [2.75, 3.05) is 19.7 Å². The van der Waals surface area contributed by atoms with Crippen LogP contribution in [0.1, 0.15) is 26.3 Å². The lowest BCUT2D eigenvalue weighted by atomic mass is 9.84. The highest BCUT2D eigenvalue weighted by Crippen LogP contribution is 2.27. The Morgan fingerprint density at radius 2 is 2.17 bits per heavy atom. The molecule has 0 radical (unpaired) electrons. The van der Waals surface area contributed by atoms with E-state index in [2.05, 4.69) is 5.32 Å². The predicted octanol–water partition coefficient (Wildman–Crippen LogP) is 2.29. The molecular formula is C14H20FNO2. The van der Waals surface area contributed by atoms with E-state index in [0.29, 0.717) is 19.7 Å². The van der Waals surface area contributed by atoms with Crippen LogP contribution in [0.4, 0.5) is 4.39 Å². The van der Waals surface area contributed by atoms with Gasteiger partial charge in [0.05, 0.1) is 13.2 Å². The number of aldehydes is 1. The fraction of sp³-hybridized carbons (Fsp3) is 0.500. The average Bonchev–Trinajstić information content (AvgIpc) is 2.32. The van der Waals surface area contributed by atoms with Crippen molar-refractivity contribution in [1.29, 1.82) is 0 Å². The van der Waals surface area contributed by atoms with Gasteiger partial charge in [0.15, 0.2) is 11.6 Å². The van der Waals surface area contributed by atoms with Crippen LogP contribution in [0.15, 0.2) is 18.2 Å². The summed E-state index contributed by atoms with van der Waals surface area (Å²) in [6, 6.07) is 5.00. The van der Waals surface area contributed by atoms with Crippen LogP contribution in [0.2, 0.25) is 0 Å². The third-order valence-corrected chi connectivity index (χ3v) is 2.81. The Balaban J connectivity index is 2.81. The van der Waals surface area contributed by atoms with Gasteiger partial charge in [0, 0.05) is 12.0 Å². The van der Waals surface area contributed by atoms with Crippen molar-refractivity contribution >= 4 is 6.29 Å². The third kappa shape index (κ3) is 3.81. The molecule has 0 fully saturated rings. The maximum Gasteiger partial charge on any atom is 0.165 e. The summed E-state index contributed by atoms with van der Waals surface area (Å²) in [6.07, 6.45) is 0.814. The Hall–Kier alpha value is -1.42. The molecule has 100 valence electrons. The lowest BCUT2D eigenvalue weighted by molar-refractivity contribution is -0.107. The highest BCUT2D eigenvalue weighted by molar-refractivity contribution is 5.51. The number of nitrogens with one attached hydrogen (secondary N) is 1. The van der Waals surface area contributed by atoms with E-state index in [1.54, 1.807) is 6.07 Å². The summed E-state index contributed by atoms with van der Waals surface area (Å²) < 4.78 is 18.9. The van der Waals surface area contributed by atoms with E-state index in [-0.39, 0.29) is 17.0 Å². The van der Waals surface area contributed by atoms with Crippen molar-refractivity contribution in [2.24, 2.45) is 0 Å². The van der Waals surface area contributed by atoms with Crippen LogP contribution in [0.25, 0.3) is 0 Å². The van der Waals surface area contributed by atoms with Gasteiger partial charge in [-0.1, -0.05) is 19.9 Å². The molecule has 0 atom stereocenters. The van der Waals surface area contributed by atoms with Crippen molar-refractivity contribution in [1.82, 2.24) is 5.32 Å². The van der Waals surface area contributed by atoms with Gasteiger partial charge in [-0.25, -0.2) is 4.39 Å². The van der Waals surface area contributed by atoms with Gasteiger partial charge in [0.25, 0.3) is 0 Å². The molecule has 0 heterocycles. The molecular weight excluding hydrogens is 233 g/mol. The monoisotopic (exact) mass is 253 g/mol. The van der Waals surface area contributed by atoms with E-state index in [1.165, 1.54) is 6.07 Å². The summed E-state index contributed by atoms with van der Waals surface area (Å²) in [4.78, 5) is 10.3. The van der Waals surface area contributed by atoms with Crippen molar-refractivity contribution in [3.8, 4) is 5.75 Å². The predicted molar refractivity (Wildman–Crippen MR) is 69.5 cm³/mol. The Bertz CT molecular complexity index is 405. The minimum absolute atomic E-state index is 0.241. The molecule has 1 N–H and O–H groups in total. The second kappa shape index (κ2) is 6.50. The van der Waals surface area contributed by atoms with Crippen LogP contribution in [0.5, 0.6) is 5.75 Å². The number of benzene rings is 1. The molecule has 0 aliphatic heterocycles. The highest BCUT2D eigenvalue weighted by Gasteiger charge is 2.21. The third-order valence-electron chi connectivity index (χ3n) is 2.81. The van der Waals surface area contributed by atoms with Gasteiger partial charge in [0.1, 0.15) is 6.29 Å². The molecule has 3 nitrogen and oxygen atoms in total. The van der Waals surface area contributed by atoms with Crippen molar-refractivity contribution in [2.45, 2.75) is 26.2 Å². The molecule has 0 bridgehead atoms. The zero-order chi connectivity index (χ0) is 13.6. The van der Waals surface area contributed by atoms with E-state index < -0.39 is 0 Å². The van der Waals surface area contributed by atoms with Gasteiger partial charge in [0.2, 0.25) is 0 Å². The summed E-state index contributed by atoms with van der Waals surface area (Å²) >= 11 is 0. The summed E-state index contributed by atoms with van der Waals surface area (Å²) in [5.41, 5.74) is 0.635. The van der Waals surface area contributed by atoms with E-state index in [0.717, 1.165) is 11.8 Å². The maximum atomic E-state index is 13.8. The Labute approximate surface area is 107 Å². The molecule has 0 aliphatic rings. The van der Waals surface area contributed by atoms with Crippen LogP contribution < -0.4 is 10.1 Å². The van der Waals surface area contributed by atoms with Gasteiger partial charge in [-0.15, -0.1) is 0 Å². The molecule has 0 aliphatic carbocycles. The molecule has 4 heteroatoms. The Kier molecular flexibility index (Phi) is 5.28. The normalized spacial score (nSPS) is 11.3. The number of halogens is 1. The Morgan fingerprint density at radius 1 is 1.44 bits per heavy atom. The topological polar surface area (TPSA) is 38.3 Å². The van der Waals surface area contributed by atoms with E-state index in [1.807, 2.05) is 26.8 Å². The zero-order valence-corrected chi connectivity index (χ0v) is 11.1. The highest BCUT2D eigenvalue weighted by atomic mass is 19.1. The molecule has 1 aromatic rings. The minimum Gasteiger partial charge on any atom is -0.491 e. The van der Waals surface area contributed by atoms with Crippen molar-refractivity contribution in [3.63, 3.8) is 0 Å². The fourth-order valence-electron chi connectivity index (χ4n) is 1.74. The Morgan fingerprint density at radius 3 is 2.72 bits per heavy atom. The first-order valence-electron chi connectivity index (χ1n) is 6.08. The number of rotatable bonds is 7. The number of ether oxygens (including phenoxy) is 1. The summed E-state index contributed by atoms with van der Waals surface area (Å²) in [5.74, 6) is -0.0734. The van der Waals surface area contributed by atoms with Crippen LogP contribution >= 0.6 is 0 Å². The van der Waals surface area contributed by atoms with Crippen molar-refractivity contribution < 1.29 is 13.9 Å². The van der Waals surface area contributed by atoms with Gasteiger partial charge < -0.3 is 14.8 Å². The van der Waals surface area contributed by atoms with Crippen LogP contribution in [-0.2, 0) is 10.2 Å². The van der Waals surface area contributed by atoms with E-state index in [9.17, 15) is 9.18 Å². The molecule has 1 rings (SSSR count). The molecule has 0 unspecified atom stereocenters. The lowest BCUT2D eigenvalue weighted by Crippen LogP contribution is -2.33. The van der Waals surface area contributed by atoms with E-state index >= 15 is 0 Å². The van der Waals surface area contributed by atoms with Crippen molar-refractivity contribution in [3.05, 3.63) is 29.6 Å². The van der Waals surface area contributed by atoms with Gasteiger partial charge in [-0.2, -0.15) is 0 Å². The van der Waals surface area contributed by atoms with Crippen LogP contribution in [0, 0.1) is 5.82 Å². The van der Waals surface area contributed by atoms with Crippen LogP contribution in [-0.4, -0.2) is 26.0 Å². The molecule has 0 saturated heterocycles. The first-order valence-corrected chi connectivity index (χ1v) is 6.08. The number of hydrogen-bond acceptors (Lipinski definition) is 3. The van der Waals surface area contributed by atoms with Gasteiger partial charge in [-0.05, 0) is 24.6 Å². The second-order valence-corrected chi connectivity index (χ2v) is 4.76. The second-order valence-electron chi connectivity index (χ2n) is 4.76.